The standard InChI is InChI=1S/C18H40N2O4/c1-15(21)17(23)18(24)16(22)14-20-13-11-9-7-5-3-2-4-6-8-10-12-19/h15-18,20-24H,2-14,19H2,1H3/t15-,16-,17-,18-/m0/s1. The maximum absolute atomic E-state index is 9.72. The lowest BCUT2D eigenvalue weighted by atomic mass is 10.0. The van der Waals surface area contributed by atoms with Gasteiger partial charge in [0.25, 0.3) is 0 Å². The zero-order valence-corrected chi connectivity index (χ0v) is 15.4. The average molecular weight is 349 g/mol. The number of rotatable bonds is 17. The van der Waals surface area contributed by atoms with Gasteiger partial charge in [-0.3, -0.25) is 0 Å². The number of nitrogens with one attached hydrogen (secondary N) is 1. The van der Waals surface area contributed by atoms with Crippen molar-refractivity contribution >= 4 is 0 Å². The molecule has 0 saturated heterocycles. The van der Waals surface area contributed by atoms with Gasteiger partial charge in [-0.05, 0) is 32.9 Å². The van der Waals surface area contributed by atoms with Crippen molar-refractivity contribution in [2.45, 2.75) is 95.5 Å². The SMILES string of the molecule is C[C@H](O)[C@H](O)[C@@H](O)[C@@H](O)CNCCCCCCCCCCCCN. The van der Waals surface area contributed by atoms with Crippen LogP contribution in [0.3, 0.4) is 0 Å². The molecule has 0 radical (unpaired) electrons. The van der Waals surface area contributed by atoms with E-state index in [9.17, 15) is 20.4 Å². The number of hydrogen-bond donors (Lipinski definition) is 6. The molecule has 6 nitrogen and oxygen atoms in total. The summed E-state index contributed by atoms with van der Waals surface area (Å²) in [4.78, 5) is 0. The summed E-state index contributed by atoms with van der Waals surface area (Å²) in [5.41, 5.74) is 5.46. The molecule has 0 fully saturated rings. The first-order valence-corrected chi connectivity index (χ1v) is 9.63. The van der Waals surface area contributed by atoms with Gasteiger partial charge in [-0.1, -0.05) is 51.4 Å². The van der Waals surface area contributed by atoms with Crippen molar-refractivity contribution in [2.75, 3.05) is 19.6 Å². The third-order valence-electron chi connectivity index (χ3n) is 4.40. The Morgan fingerprint density at radius 1 is 0.708 bits per heavy atom. The molecule has 6 heteroatoms. The van der Waals surface area contributed by atoms with Crippen LogP contribution in [0.2, 0.25) is 0 Å². The van der Waals surface area contributed by atoms with Crippen LogP contribution < -0.4 is 11.1 Å². The van der Waals surface area contributed by atoms with Gasteiger partial charge in [-0.2, -0.15) is 0 Å². The molecule has 0 aliphatic carbocycles. The van der Waals surface area contributed by atoms with Crippen LogP contribution in [0.15, 0.2) is 0 Å². The Labute approximate surface area is 147 Å². The maximum atomic E-state index is 9.72. The van der Waals surface area contributed by atoms with Crippen molar-refractivity contribution < 1.29 is 20.4 Å². The van der Waals surface area contributed by atoms with Crippen LogP contribution in [-0.2, 0) is 0 Å². The molecule has 146 valence electrons. The summed E-state index contributed by atoms with van der Waals surface area (Å²) < 4.78 is 0. The van der Waals surface area contributed by atoms with Gasteiger partial charge in [0.2, 0.25) is 0 Å². The highest BCUT2D eigenvalue weighted by atomic mass is 16.4. The predicted molar refractivity (Wildman–Crippen MR) is 97.8 cm³/mol. The molecule has 0 aromatic carbocycles. The summed E-state index contributed by atoms with van der Waals surface area (Å²) >= 11 is 0. The van der Waals surface area contributed by atoms with Crippen LogP contribution in [0.1, 0.15) is 71.1 Å². The first-order chi connectivity index (χ1) is 11.5. The topological polar surface area (TPSA) is 119 Å². The third-order valence-corrected chi connectivity index (χ3v) is 4.40. The Balaban J connectivity index is 3.33. The molecule has 0 rings (SSSR count). The molecule has 0 saturated carbocycles. The first kappa shape index (κ1) is 23.8. The number of unbranched alkanes of at least 4 members (excludes halogenated alkanes) is 9. The van der Waals surface area contributed by atoms with Crippen molar-refractivity contribution in [3.8, 4) is 0 Å². The highest BCUT2D eigenvalue weighted by molar-refractivity contribution is 4.79. The monoisotopic (exact) mass is 348 g/mol. The van der Waals surface area contributed by atoms with Gasteiger partial charge in [-0.25, -0.2) is 0 Å². The van der Waals surface area contributed by atoms with E-state index < -0.39 is 24.4 Å². The molecule has 0 amide bonds. The fourth-order valence-corrected chi connectivity index (χ4v) is 2.69. The summed E-state index contributed by atoms with van der Waals surface area (Å²) in [5.74, 6) is 0. The van der Waals surface area contributed by atoms with Gasteiger partial charge < -0.3 is 31.5 Å². The fourth-order valence-electron chi connectivity index (χ4n) is 2.69. The molecule has 0 aromatic heterocycles. The highest BCUT2D eigenvalue weighted by Crippen LogP contribution is 2.10. The highest BCUT2D eigenvalue weighted by Gasteiger charge is 2.27. The van der Waals surface area contributed by atoms with E-state index in [0.29, 0.717) is 0 Å². The van der Waals surface area contributed by atoms with Crippen LogP contribution in [0, 0.1) is 0 Å². The molecular formula is C18H40N2O4. The smallest absolute Gasteiger partial charge is 0.109 e. The van der Waals surface area contributed by atoms with Gasteiger partial charge in [0.1, 0.15) is 12.2 Å². The predicted octanol–water partition coefficient (Wildman–Crippen LogP) is 0.899. The largest absolute Gasteiger partial charge is 0.391 e. The maximum Gasteiger partial charge on any atom is 0.109 e. The summed E-state index contributed by atoms with van der Waals surface area (Å²) in [6.45, 7) is 3.20. The van der Waals surface area contributed by atoms with Gasteiger partial charge >= 0.3 is 0 Å². The molecular weight excluding hydrogens is 308 g/mol. The normalized spacial score (nSPS) is 16.8. The Morgan fingerprint density at radius 2 is 1.17 bits per heavy atom. The van der Waals surface area contributed by atoms with E-state index in [0.717, 1.165) is 32.4 Å². The number of aliphatic hydroxyl groups excluding tert-OH is 4. The van der Waals surface area contributed by atoms with Crippen molar-refractivity contribution in [3.63, 3.8) is 0 Å². The van der Waals surface area contributed by atoms with Gasteiger partial charge in [0, 0.05) is 6.54 Å². The van der Waals surface area contributed by atoms with E-state index in [4.69, 9.17) is 5.73 Å². The van der Waals surface area contributed by atoms with Crippen LogP contribution in [0.5, 0.6) is 0 Å². The summed E-state index contributed by atoms with van der Waals surface area (Å²) in [6, 6.07) is 0. The molecule has 0 heterocycles. The Hall–Kier alpha value is -0.240. The lowest BCUT2D eigenvalue weighted by Gasteiger charge is -2.24. The zero-order chi connectivity index (χ0) is 18.2. The molecule has 4 atom stereocenters. The Kier molecular flexibility index (Phi) is 16.1. The van der Waals surface area contributed by atoms with E-state index in [1.165, 1.54) is 51.9 Å². The molecule has 24 heavy (non-hydrogen) atoms. The molecule has 0 aromatic rings. The second-order valence-electron chi connectivity index (χ2n) is 6.82. The van der Waals surface area contributed by atoms with Crippen molar-refractivity contribution in [3.05, 3.63) is 0 Å². The van der Waals surface area contributed by atoms with Crippen molar-refractivity contribution in [1.82, 2.24) is 5.32 Å². The minimum Gasteiger partial charge on any atom is -0.391 e. The van der Waals surface area contributed by atoms with Gasteiger partial charge in [-0.15, -0.1) is 0 Å². The molecule has 7 N–H and O–H groups in total. The summed E-state index contributed by atoms with van der Waals surface area (Å²) in [7, 11) is 0. The molecule has 0 aliphatic heterocycles. The number of nitrogens with two attached hydrogens (primary N) is 1. The quantitative estimate of drug-likeness (QED) is 0.217. The van der Waals surface area contributed by atoms with E-state index in [1.54, 1.807) is 0 Å². The second kappa shape index (κ2) is 16.2. The van der Waals surface area contributed by atoms with Crippen molar-refractivity contribution in [1.29, 1.82) is 0 Å². The van der Waals surface area contributed by atoms with Gasteiger partial charge in [0.05, 0.1) is 12.2 Å². The van der Waals surface area contributed by atoms with Crippen LogP contribution in [0.4, 0.5) is 0 Å². The van der Waals surface area contributed by atoms with E-state index in [1.807, 2.05) is 0 Å². The summed E-state index contributed by atoms with van der Waals surface area (Å²) in [6.07, 6.45) is 7.58. The fraction of sp³-hybridized carbons (Fsp3) is 1.00. The second-order valence-corrected chi connectivity index (χ2v) is 6.82. The zero-order valence-electron chi connectivity index (χ0n) is 15.4. The summed E-state index contributed by atoms with van der Waals surface area (Å²) in [5, 5.41) is 41.1. The first-order valence-electron chi connectivity index (χ1n) is 9.63. The molecule has 0 unspecified atom stereocenters. The number of hydrogen-bond acceptors (Lipinski definition) is 6. The average Bonchev–Trinajstić information content (AvgIpc) is 2.57. The lowest BCUT2D eigenvalue weighted by molar-refractivity contribution is -0.0986. The minimum atomic E-state index is -1.33. The molecule has 0 bridgehead atoms. The Bertz CT molecular complexity index is 267. The van der Waals surface area contributed by atoms with Gasteiger partial charge in [0.15, 0.2) is 0 Å². The minimum absolute atomic E-state index is 0.216. The molecule has 0 aliphatic rings. The van der Waals surface area contributed by atoms with E-state index in [-0.39, 0.29) is 6.54 Å². The van der Waals surface area contributed by atoms with Crippen molar-refractivity contribution in [2.24, 2.45) is 5.73 Å². The lowest BCUT2D eigenvalue weighted by Crippen LogP contribution is -2.47. The van der Waals surface area contributed by atoms with E-state index in [2.05, 4.69) is 5.32 Å². The van der Waals surface area contributed by atoms with Crippen LogP contribution >= 0.6 is 0 Å². The third kappa shape index (κ3) is 13.1. The molecule has 0 spiro atoms. The van der Waals surface area contributed by atoms with E-state index >= 15 is 0 Å². The Morgan fingerprint density at radius 3 is 1.62 bits per heavy atom. The van der Waals surface area contributed by atoms with Crippen LogP contribution in [-0.4, -0.2) is 64.5 Å². The van der Waals surface area contributed by atoms with Crippen LogP contribution in [0.25, 0.3) is 0 Å². The number of aliphatic hydroxyl groups is 4.